The Morgan fingerprint density at radius 3 is 2.56 bits per heavy atom. The maximum absolute atomic E-state index is 12.3. The summed E-state index contributed by atoms with van der Waals surface area (Å²) in [7, 11) is 1.54. The Bertz CT molecular complexity index is 476. The highest BCUT2D eigenvalue weighted by Gasteiger charge is 2.38. The molecule has 0 aromatic heterocycles. The first kappa shape index (κ1) is 22.2. The van der Waals surface area contributed by atoms with Crippen molar-refractivity contribution in [3.8, 4) is 0 Å². The Labute approximate surface area is 163 Å². The summed E-state index contributed by atoms with van der Waals surface area (Å²) in [6.07, 6.45) is 1.37. The zero-order valence-corrected chi connectivity index (χ0v) is 17.6. The zero-order valence-electron chi connectivity index (χ0n) is 15.5. The molecular formula is C17H28INO6. The van der Waals surface area contributed by atoms with Crippen LogP contribution in [0.25, 0.3) is 0 Å². The molecule has 0 saturated carbocycles. The lowest BCUT2D eigenvalue weighted by Crippen LogP contribution is -2.52. The van der Waals surface area contributed by atoms with E-state index in [1.165, 1.54) is 14.0 Å². The number of halogens is 1. The SMILES string of the molecule is COCOC1CN(C(=O)OC(C)(C)C)CCC1C(/C=C/I)OC(C)=O. The van der Waals surface area contributed by atoms with Crippen LogP contribution in [0, 0.1) is 5.92 Å². The van der Waals surface area contributed by atoms with Gasteiger partial charge in [0.2, 0.25) is 0 Å². The summed E-state index contributed by atoms with van der Waals surface area (Å²) in [4.78, 5) is 25.4. The first-order valence-electron chi connectivity index (χ1n) is 8.20. The lowest BCUT2D eigenvalue weighted by molar-refractivity contribution is -0.158. The number of likely N-dealkylation sites (tertiary alicyclic amines) is 1. The summed E-state index contributed by atoms with van der Waals surface area (Å²) in [6.45, 7) is 7.85. The molecule has 1 saturated heterocycles. The lowest BCUT2D eigenvalue weighted by Gasteiger charge is -2.40. The molecule has 3 unspecified atom stereocenters. The van der Waals surface area contributed by atoms with Crippen LogP contribution < -0.4 is 0 Å². The van der Waals surface area contributed by atoms with Gasteiger partial charge >= 0.3 is 12.1 Å². The third-order valence-electron chi connectivity index (χ3n) is 3.65. The van der Waals surface area contributed by atoms with Gasteiger partial charge in [0.25, 0.3) is 0 Å². The first-order valence-corrected chi connectivity index (χ1v) is 9.45. The van der Waals surface area contributed by atoms with Crippen molar-refractivity contribution in [3.05, 3.63) is 10.2 Å². The maximum Gasteiger partial charge on any atom is 0.410 e. The van der Waals surface area contributed by atoms with Crippen LogP contribution in [0.2, 0.25) is 0 Å². The molecule has 1 fully saturated rings. The van der Waals surface area contributed by atoms with Crippen LogP contribution in [-0.4, -0.2) is 61.8 Å². The van der Waals surface area contributed by atoms with E-state index in [4.69, 9.17) is 18.9 Å². The van der Waals surface area contributed by atoms with Crippen molar-refractivity contribution in [1.29, 1.82) is 0 Å². The van der Waals surface area contributed by atoms with E-state index >= 15 is 0 Å². The number of carbonyl (C=O) groups excluding carboxylic acids is 2. The third-order valence-corrected chi connectivity index (χ3v) is 4.06. The summed E-state index contributed by atoms with van der Waals surface area (Å²) < 4.78 is 23.5. The van der Waals surface area contributed by atoms with E-state index in [1.54, 1.807) is 4.90 Å². The van der Waals surface area contributed by atoms with E-state index in [0.29, 0.717) is 19.5 Å². The Kier molecular flexibility index (Phi) is 9.15. The van der Waals surface area contributed by atoms with E-state index in [1.807, 2.05) is 30.9 Å². The number of hydrogen-bond donors (Lipinski definition) is 0. The number of amides is 1. The summed E-state index contributed by atoms with van der Waals surface area (Å²) in [5, 5.41) is 0. The molecule has 8 heteroatoms. The van der Waals surface area contributed by atoms with Gasteiger partial charge in [-0.1, -0.05) is 22.6 Å². The number of methoxy groups -OCH3 is 1. The number of esters is 1. The highest BCUT2D eigenvalue weighted by Crippen LogP contribution is 2.28. The molecule has 0 N–H and O–H groups in total. The fourth-order valence-electron chi connectivity index (χ4n) is 2.67. The van der Waals surface area contributed by atoms with Crippen LogP contribution in [0.15, 0.2) is 10.2 Å². The van der Waals surface area contributed by atoms with Crippen molar-refractivity contribution in [3.63, 3.8) is 0 Å². The highest BCUT2D eigenvalue weighted by molar-refractivity contribution is 14.1. The topological polar surface area (TPSA) is 74.3 Å². The van der Waals surface area contributed by atoms with Crippen molar-refractivity contribution in [2.45, 2.75) is 51.9 Å². The smallest absolute Gasteiger partial charge is 0.410 e. The van der Waals surface area contributed by atoms with Gasteiger partial charge in [0, 0.05) is 26.5 Å². The van der Waals surface area contributed by atoms with Gasteiger partial charge in [-0.3, -0.25) is 4.79 Å². The average molecular weight is 469 g/mol. The first-order chi connectivity index (χ1) is 11.7. The minimum atomic E-state index is -0.555. The molecular weight excluding hydrogens is 441 g/mol. The zero-order chi connectivity index (χ0) is 19.0. The lowest BCUT2D eigenvalue weighted by atomic mass is 9.88. The van der Waals surface area contributed by atoms with Gasteiger partial charge < -0.3 is 23.8 Å². The Balaban J connectivity index is 2.86. The quantitative estimate of drug-likeness (QED) is 0.338. The van der Waals surface area contributed by atoms with E-state index in [2.05, 4.69) is 22.6 Å². The molecule has 1 heterocycles. The standard InChI is InChI=1S/C17H28INO6/c1-12(20)24-14(6-8-18)13-7-9-19(10-15(13)23-11-22-5)16(21)25-17(2,3)4/h6,8,13-15H,7,9-11H2,1-5H3/b8-6+. The fourth-order valence-corrected chi connectivity index (χ4v) is 3.08. The van der Waals surface area contributed by atoms with Crippen molar-refractivity contribution in [2.75, 3.05) is 27.0 Å². The van der Waals surface area contributed by atoms with Gasteiger partial charge in [-0.2, -0.15) is 0 Å². The molecule has 0 radical (unpaired) electrons. The summed E-state index contributed by atoms with van der Waals surface area (Å²) in [5.41, 5.74) is -0.555. The van der Waals surface area contributed by atoms with Crippen LogP contribution >= 0.6 is 22.6 Å². The highest BCUT2D eigenvalue weighted by atomic mass is 127. The monoisotopic (exact) mass is 469 g/mol. The molecule has 0 aliphatic carbocycles. The molecule has 0 spiro atoms. The van der Waals surface area contributed by atoms with E-state index in [0.717, 1.165) is 0 Å². The van der Waals surface area contributed by atoms with Gasteiger partial charge in [-0.05, 0) is 37.4 Å². The van der Waals surface area contributed by atoms with Gasteiger partial charge in [0.15, 0.2) is 0 Å². The van der Waals surface area contributed by atoms with Gasteiger partial charge in [-0.15, -0.1) is 0 Å². The van der Waals surface area contributed by atoms with Crippen molar-refractivity contribution >= 4 is 34.7 Å². The van der Waals surface area contributed by atoms with Crippen LogP contribution in [0.4, 0.5) is 4.79 Å². The van der Waals surface area contributed by atoms with Gasteiger partial charge in [0.1, 0.15) is 18.5 Å². The molecule has 1 amide bonds. The number of rotatable bonds is 6. The molecule has 0 aromatic carbocycles. The second kappa shape index (κ2) is 10.3. The Morgan fingerprint density at radius 2 is 2.04 bits per heavy atom. The second-order valence-electron chi connectivity index (χ2n) is 6.88. The van der Waals surface area contributed by atoms with Crippen molar-refractivity contribution in [1.82, 2.24) is 4.90 Å². The molecule has 1 aliphatic heterocycles. The Hall–Kier alpha value is -0.870. The largest absolute Gasteiger partial charge is 0.458 e. The van der Waals surface area contributed by atoms with E-state index in [-0.39, 0.29) is 30.9 Å². The molecule has 0 aromatic rings. The molecule has 3 atom stereocenters. The third kappa shape index (κ3) is 7.91. The molecule has 7 nitrogen and oxygen atoms in total. The second-order valence-corrected chi connectivity index (χ2v) is 7.60. The number of carbonyl (C=O) groups is 2. The number of nitrogens with zero attached hydrogens (tertiary/aromatic N) is 1. The summed E-state index contributed by atoms with van der Waals surface area (Å²) in [6, 6.07) is 0. The van der Waals surface area contributed by atoms with Gasteiger partial charge in [-0.25, -0.2) is 4.79 Å². The molecule has 1 aliphatic rings. The molecule has 0 bridgehead atoms. The predicted octanol–water partition coefficient (Wildman–Crippen LogP) is 3.11. The number of ether oxygens (including phenoxy) is 4. The molecule has 25 heavy (non-hydrogen) atoms. The Morgan fingerprint density at radius 1 is 1.36 bits per heavy atom. The predicted molar refractivity (Wildman–Crippen MR) is 101 cm³/mol. The molecule has 144 valence electrons. The minimum Gasteiger partial charge on any atom is -0.458 e. The number of hydrogen-bond acceptors (Lipinski definition) is 6. The molecule has 1 rings (SSSR count). The van der Waals surface area contributed by atoms with E-state index in [9.17, 15) is 9.59 Å². The van der Waals surface area contributed by atoms with Crippen LogP contribution in [0.3, 0.4) is 0 Å². The average Bonchev–Trinajstić information content (AvgIpc) is 2.50. The van der Waals surface area contributed by atoms with E-state index < -0.39 is 11.7 Å². The van der Waals surface area contributed by atoms with Gasteiger partial charge in [0.05, 0.1) is 12.6 Å². The van der Waals surface area contributed by atoms with Crippen molar-refractivity contribution < 1.29 is 28.5 Å². The minimum absolute atomic E-state index is 0.0660. The summed E-state index contributed by atoms with van der Waals surface area (Å²) >= 11 is 2.09. The van der Waals surface area contributed by atoms with Crippen LogP contribution in [0.5, 0.6) is 0 Å². The van der Waals surface area contributed by atoms with Crippen LogP contribution in [-0.2, 0) is 23.7 Å². The summed E-state index contributed by atoms with van der Waals surface area (Å²) in [5.74, 6) is -0.414. The maximum atomic E-state index is 12.3. The number of piperidine rings is 1. The van der Waals surface area contributed by atoms with Crippen LogP contribution in [0.1, 0.15) is 34.1 Å². The van der Waals surface area contributed by atoms with Crippen molar-refractivity contribution in [2.24, 2.45) is 5.92 Å². The normalized spacial score (nSPS) is 22.7. The fraction of sp³-hybridized carbons (Fsp3) is 0.765.